The number of hydrogen-bond acceptors (Lipinski definition) is 3. The second-order valence-electron chi connectivity index (χ2n) is 4.54. The molecule has 0 heterocycles. The molecule has 2 N–H and O–H groups in total. The lowest BCUT2D eigenvalue weighted by atomic mass is 10.2. The van der Waals surface area contributed by atoms with E-state index in [4.69, 9.17) is 9.84 Å². The standard InChI is InChI=1S/C15H17BrFNO4/c1-3-4-5-12(15(20)21)18-14(19)9(2)22-13-7-6-10(17)8-11(13)16/h3-4,6-9,12H,5H2,1-2H3,(H,18,19)(H,20,21)/b4-3+. The first-order valence-electron chi connectivity index (χ1n) is 6.61. The molecule has 1 aromatic carbocycles. The SMILES string of the molecule is C/C=C/CC(NC(=O)C(C)Oc1ccc(F)cc1Br)C(=O)O. The predicted octanol–water partition coefficient (Wildman–Crippen LogP) is 2.89. The first-order chi connectivity index (χ1) is 10.3. The predicted molar refractivity (Wildman–Crippen MR) is 83.2 cm³/mol. The van der Waals surface area contributed by atoms with Gasteiger partial charge in [0.2, 0.25) is 0 Å². The monoisotopic (exact) mass is 373 g/mol. The Hall–Kier alpha value is -1.89. The van der Waals surface area contributed by atoms with Crippen LogP contribution in [0.3, 0.4) is 0 Å². The number of carboxylic acids is 1. The van der Waals surface area contributed by atoms with Crippen LogP contribution in [0.25, 0.3) is 0 Å². The molecule has 0 aliphatic heterocycles. The zero-order valence-corrected chi connectivity index (χ0v) is 13.8. The number of benzene rings is 1. The lowest BCUT2D eigenvalue weighted by Gasteiger charge is -2.18. The van der Waals surface area contributed by atoms with Crippen molar-refractivity contribution in [1.29, 1.82) is 0 Å². The van der Waals surface area contributed by atoms with Crippen LogP contribution in [-0.4, -0.2) is 29.1 Å². The summed E-state index contributed by atoms with van der Waals surface area (Å²) >= 11 is 3.13. The highest BCUT2D eigenvalue weighted by atomic mass is 79.9. The molecule has 1 amide bonds. The number of ether oxygens (including phenoxy) is 1. The third-order valence-corrected chi connectivity index (χ3v) is 3.41. The van der Waals surface area contributed by atoms with Crippen LogP contribution >= 0.6 is 15.9 Å². The summed E-state index contributed by atoms with van der Waals surface area (Å²) in [6.07, 6.45) is 2.62. The number of carbonyl (C=O) groups excluding carboxylic acids is 1. The lowest BCUT2D eigenvalue weighted by Crippen LogP contribution is -2.46. The quantitative estimate of drug-likeness (QED) is 0.720. The van der Waals surface area contributed by atoms with Crippen LogP contribution in [-0.2, 0) is 9.59 Å². The van der Waals surface area contributed by atoms with Crippen molar-refractivity contribution in [2.24, 2.45) is 0 Å². The Kier molecular flexibility index (Phi) is 7.04. The summed E-state index contributed by atoms with van der Waals surface area (Å²) in [6.45, 7) is 3.25. The van der Waals surface area contributed by atoms with E-state index < -0.39 is 29.8 Å². The van der Waals surface area contributed by atoms with Crippen molar-refractivity contribution in [2.75, 3.05) is 0 Å². The molecule has 2 unspecified atom stereocenters. The van der Waals surface area contributed by atoms with Crippen molar-refractivity contribution in [3.05, 3.63) is 40.6 Å². The van der Waals surface area contributed by atoms with Gasteiger partial charge in [0.15, 0.2) is 6.10 Å². The normalized spacial score (nSPS) is 13.6. The first-order valence-corrected chi connectivity index (χ1v) is 7.40. The molecule has 0 fully saturated rings. The molecule has 7 heteroatoms. The van der Waals surface area contributed by atoms with Gasteiger partial charge in [0.1, 0.15) is 17.6 Å². The Morgan fingerprint density at radius 3 is 2.73 bits per heavy atom. The Morgan fingerprint density at radius 2 is 2.18 bits per heavy atom. The summed E-state index contributed by atoms with van der Waals surface area (Å²) in [7, 11) is 0. The van der Waals surface area contributed by atoms with Crippen molar-refractivity contribution in [3.8, 4) is 5.75 Å². The fourth-order valence-electron chi connectivity index (χ4n) is 1.60. The second kappa shape index (κ2) is 8.53. The van der Waals surface area contributed by atoms with Crippen LogP contribution in [0.5, 0.6) is 5.75 Å². The number of carbonyl (C=O) groups is 2. The molecule has 0 saturated carbocycles. The molecule has 5 nitrogen and oxygen atoms in total. The number of halogens is 2. The smallest absolute Gasteiger partial charge is 0.326 e. The van der Waals surface area contributed by atoms with E-state index in [1.807, 2.05) is 0 Å². The molecule has 0 radical (unpaired) electrons. The molecule has 0 saturated heterocycles. The van der Waals surface area contributed by atoms with Gasteiger partial charge in [-0.25, -0.2) is 9.18 Å². The highest BCUT2D eigenvalue weighted by Crippen LogP contribution is 2.26. The van der Waals surface area contributed by atoms with Gasteiger partial charge < -0.3 is 15.2 Å². The zero-order chi connectivity index (χ0) is 16.7. The minimum Gasteiger partial charge on any atom is -0.480 e. The van der Waals surface area contributed by atoms with Gasteiger partial charge in [0.25, 0.3) is 5.91 Å². The van der Waals surface area contributed by atoms with Crippen LogP contribution < -0.4 is 10.1 Å². The van der Waals surface area contributed by atoms with Gasteiger partial charge in [-0.2, -0.15) is 0 Å². The van der Waals surface area contributed by atoms with Crippen LogP contribution in [0.4, 0.5) is 4.39 Å². The maximum Gasteiger partial charge on any atom is 0.326 e. The van der Waals surface area contributed by atoms with E-state index in [1.165, 1.54) is 25.1 Å². The van der Waals surface area contributed by atoms with Crippen LogP contribution in [0, 0.1) is 5.82 Å². The fourth-order valence-corrected chi connectivity index (χ4v) is 2.04. The molecule has 120 valence electrons. The number of carboxylic acid groups (broad SMARTS) is 1. The number of nitrogens with one attached hydrogen (secondary N) is 1. The number of hydrogen-bond donors (Lipinski definition) is 2. The summed E-state index contributed by atoms with van der Waals surface area (Å²) in [5.74, 6) is -1.83. The van der Waals surface area contributed by atoms with Crippen LogP contribution in [0.1, 0.15) is 20.3 Å². The van der Waals surface area contributed by atoms with E-state index in [0.717, 1.165) is 0 Å². The molecule has 22 heavy (non-hydrogen) atoms. The highest BCUT2D eigenvalue weighted by Gasteiger charge is 2.23. The maximum atomic E-state index is 13.0. The number of amides is 1. The van der Waals surface area contributed by atoms with Crippen LogP contribution in [0.2, 0.25) is 0 Å². The number of rotatable bonds is 7. The van der Waals surface area contributed by atoms with E-state index in [0.29, 0.717) is 10.2 Å². The topological polar surface area (TPSA) is 75.6 Å². The molecular formula is C15H17BrFNO4. The lowest BCUT2D eigenvalue weighted by molar-refractivity contribution is -0.142. The van der Waals surface area contributed by atoms with Gasteiger partial charge in [-0.3, -0.25) is 4.79 Å². The Morgan fingerprint density at radius 1 is 1.50 bits per heavy atom. The van der Waals surface area contributed by atoms with Gasteiger partial charge in [-0.05, 0) is 54.4 Å². The fraction of sp³-hybridized carbons (Fsp3) is 0.333. The van der Waals surface area contributed by atoms with E-state index >= 15 is 0 Å². The summed E-state index contributed by atoms with van der Waals surface area (Å²) in [5.41, 5.74) is 0. The molecule has 0 aliphatic carbocycles. The average Bonchev–Trinajstić information content (AvgIpc) is 2.45. The summed E-state index contributed by atoms with van der Waals surface area (Å²) in [4.78, 5) is 23.1. The van der Waals surface area contributed by atoms with Gasteiger partial charge in [0, 0.05) is 0 Å². The molecular weight excluding hydrogens is 357 g/mol. The van der Waals surface area contributed by atoms with Crippen molar-refractivity contribution in [1.82, 2.24) is 5.32 Å². The summed E-state index contributed by atoms with van der Waals surface area (Å²) in [5, 5.41) is 11.5. The van der Waals surface area contributed by atoms with Gasteiger partial charge in [-0.15, -0.1) is 0 Å². The molecule has 1 rings (SSSR count). The van der Waals surface area contributed by atoms with Crippen molar-refractivity contribution in [3.63, 3.8) is 0 Å². The maximum absolute atomic E-state index is 13.0. The van der Waals surface area contributed by atoms with Gasteiger partial charge >= 0.3 is 5.97 Å². The minimum absolute atomic E-state index is 0.185. The summed E-state index contributed by atoms with van der Waals surface area (Å²) in [6, 6.07) is 2.78. The highest BCUT2D eigenvalue weighted by molar-refractivity contribution is 9.10. The van der Waals surface area contributed by atoms with Crippen molar-refractivity contribution in [2.45, 2.75) is 32.4 Å². The van der Waals surface area contributed by atoms with Gasteiger partial charge in [-0.1, -0.05) is 12.2 Å². The third-order valence-electron chi connectivity index (χ3n) is 2.79. The minimum atomic E-state index is -1.12. The van der Waals surface area contributed by atoms with Crippen LogP contribution in [0.15, 0.2) is 34.8 Å². The van der Waals surface area contributed by atoms with E-state index in [9.17, 15) is 14.0 Å². The van der Waals surface area contributed by atoms with Crippen molar-refractivity contribution >= 4 is 27.8 Å². The largest absolute Gasteiger partial charge is 0.480 e. The zero-order valence-electron chi connectivity index (χ0n) is 12.2. The Labute approximate surface area is 136 Å². The van der Waals surface area contributed by atoms with Gasteiger partial charge in [0.05, 0.1) is 4.47 Å². The average molecular weight is 374 g/mol. The first kappa shape index (κ1) is 18.2. The number of allylic oxidation sites excluding steroid dienone is 1. The van der Waals surface area contributed by atoms with E-state index in [2.05, 4.69) is 21.2 Å². The molecule has 1 aromatic rings. The molecule has 0 aliphatic rings. The third kappa shape index (κ3) is 5.48. The molecule has 0 bridgehead atoms. The molecule has 0 aromatic heterocycles. The second-order valence-corrected chi connectivity index (χ2v) is 5.39. The molecule has 2 atom stereocenters. The Balaban J connectivity index is 2.69. The Bertz CT molecular complexity index is 577. The van der Waals surface area contributed by atoms with E-state index in [1.54, 1.807) is 19.1 Å². The molecule has 0 spiro atoms. The van der Waals surface area contributed by atoms with E-state index in [-0.39, 0.29) is 6.42 Å². The number of aliphatic carboxylic acids is 1. The van der Waals surface area contributed by atoms with Crippen molar-refractivity contribution < 1.29 is 23.8 Å². The summed E-state index contributed by atoms with van der Waals surface area (Å²) < 4.78 is 18.8.